The van der Waals surface area contributed by atoms with Gasteiger partial charge in [-0.2, -0.15) is 0 Å². The standard InChI is InChI=1S/C12H14IN3/c1-2-10(14)12-15-7-11(16-12)8-3-5-9(13)6-4-8/h3-7,10H,2,14H2,1H3,(H,15,16). The molecule has 1 atom stereocenters. The Hall–Kier alpha value is -0.880. The zero-order chi connectivity index (χ0) is 11.5. The van der Waals surface area contributed by atoms with Crippen LogP contribution in [0.15, 0.2) is 30.5 Å². The lowest BCUT2D eigenvalue weighted by Crippen LogP contribution is -2.10. The number of hydrogen-bond donors (Lipinski definition) is 2. The fraction of sp³-hybridized carbons (Fsp3) is 0.250. The maximum absolute atomic E-state index is 5.91. The third-order valence-corrected chi connectivity index (χ3v) is 3.26. The van der Waals surface area contributed by atoms with E-state index in [-0.39, 0.29) is 6.04 Å². The van der Waals surface area contributed by atoms with E-state index in [1.165, 1.54) is 3.57 Å². The Morgan fingerprint density at radius 1 is 1.38 bits per heavy atom. The Kier molecular flexibility index (Phi) is 3.60. The number of hydrogen-bond acceptors (Lipinski definition) is 2. The van der Waals surface area contributed by atoms with E-state index in [2.05, 4.69) is 63.7 Å². The van der Waals surface area contributed by atoms with Gasteiger partial charge in [0.1, 0.15) is 5.82 Å². The van der Waals surface area contributed by atoms with Gasteiger partial charge in [0.25, 0.3) is 0 Å². The van der Waals surface area contributed by atoms with Gasteiger partial charge in [0, 0.05) is 3.57 Å². The molecule has 0 fully saturated rings. The lowest BCUT2D eigenvalue weighted by molar-refractivity contribution is 0.658. The van der Waals surface area contributed by atoms with Gasteiger partial charge in [-0.25, -0.2) is 4.98 Å². The minimum atomic E-state index is -0.00222. The van der Waals surface area contributed by atoms with Crippen LogP contribution in [-0.4, -0.2) is 9.97 Å². The molecule has 0 aliphatic carbocycles. The number of nitrogens with zero attached hydrogens (tertiary/aromatic N) is 1. The maximum Gasteiger partial charge on any atom is 0.123 e. The van der Waals surface area contributed by atoms with Crippen molar-refractivity contribution in [3.8, 4) is 11.3 Å². The number of halogens is 1. The van der Waals surface area contributed by atoms with Crippen LogP contribution in [0.2, 0.25) is 0 Å². The van der Waals surface area contributed by atoms with Crippen LogP contribution >= 0.6 is 22.6 Å². The lowest BCUT2D eigenvalue weighted by atomic mass is 10.2. The largest absolute Gasteiger partial charge is 0.341 e. The number of nitrogens with one attached hydrogen (secondary N) is 1. The Balaban J connectivity index is 2.28. The van der Waals surface area contributed by atoms with E-state index >= 15 is 0 Å². The van der Waals surface area contributed by atoms with E-state index in [1.807, 2.05) is 6.20 Å². The third kappa shape index (κ3) is 2.44. The first kappa shape index (κ1) is 11.6. The van der Waals surface area contributed by atoms with Crippen molar-refractivity contribution >= 4 is 22.6 Å². The summed E-state index contributed by atoms with van der Waals surface area (Å²) in [6, 6.07) is 8.32. The molecule has 0 aliphatic heterocycles. The highest BCUT2D eigenvalue weighted by Crippen LogP contribution is 2.20. The zero-order valence-corrected chi connectivity index (χ0v) is 11.2. The molecule has 16 heavy (non-hydrogen) atoms. The molecule has 84 valence electrons. The predicted octanol–water partition coefficient (Wildman–Crippen LogP) is 3.09. The second-order valence-corrected chi connectivity index (χ2v) is 4.95. The quantitative estimate of drug-likeness (QED) is 0.851. The number of aromatic amines is 1. The molecule has 0 amide bonds. The molecule has 0 bridgehead atoms. The summed E-state index contributed by atoms with van der Waals surface area (Å²) >= 11 is 2.29. The maximum atomic E-state index is 5.91. The Bertz CT molecular complexity index is 461. The van der Waals surface area contributed by atoms with Gasteiger partial charge in [0.05, 0.1) is 17.9 Å². The molecule has 1 aromatic heterocycles. The van der Waals surface area contributed by atoms with Crippen LogP contribution in [0.25, 0.3) is 11.3 Å². The van der Waals surface area contributed by atoms with Crippen molar-refractivity contribution in [3.05, 3.63) is 39.9 Å². The van der Waals surface area contributed by atoms with Crippen LogP contribution < -0.4 is 5.73 Å². The van der Waals surface area contributed by atoms with Gasteiger partial charge in [-0.1, -0.05) is 19.1 Å². The van der Waals surface area contributed by atoms with Crippen LogP contribution in [0.5, 0.6) is 0 Å². The summed E-state index contributed by atoms with van der Waals surface area (Å²) in [5.41, 5.74) is 8.08. The number of nitrogens with two attached hydrogens (primary N) is 1. The number of H-pyrrole nitrogens is 1. The first-order valence-electron chi connectivity index (χ1n) is 5.27. The van der Waals surface area contributed by atoms with E-state index in [4.69, 9.17) is 5.73 Å². The highest BCUT2D eigenvalue weighted by molar-refractivity contribution is 14.1. The van der Waals surface area contributed by atoms with Crippen molar-refractivity contribution < 1.29 is 0 Å². The molecule has 3 nitrogen and oxygen atoms in total. The molecule has 2 aromatic rings. The van der Waals surface area contributed by atoms with Crippen LogP contribution in [0.3, 0.4) is 0 Å². The fourth-order valence-electron chi connectivity index (χ4n) is 1.49. The lowest BCUT2D eigenvalue weighted by Gasteiger charge is -2.03. The number of benzene rings is 1. The average molecular weight is 327 g/mol. The molecule has 1 aromatic carbocycles. The highest BCUT2D eigenvalue weighted by atomic mass is 127. The topological polar surface area (TPSA) is 54.7 Å². The summed E-state index contributed by atoms with van der Waals surface area (Å²) in [7, 11) is 0. The number of rotatable bonds is 3. The molecule has 0 radical (unpaired) electrons. The number of aromatic nitrogens is 2. The van der Waals surface area contributed by atoms with Gasteiger partial charge in [0.15, 0.2) is 0 Å². The molecular formula is C12H14IN3. The van der Waals surface area contributed by atoms with Gasteiger partial charge >= 0.3 is 0 Å². The van der Waals surface area contributed by atoms with Crippen molar-refractivity contribution in [1.82, 2.24) is 9.97 Å². The molecule has 0 saturated heterocycles. The molecular weight excluding hydrogens is 313 g/mol. The second kappa shape index (κ2) is 4.97. The molecule has 1 heterocycles. The summed E-state index contributed by atoms with van der Waals surface area (Å²) in [5.74, 6) is 0.857. The summed E-state index contributed by atoms with van der Waals surface area (Å²) in [6.45, 7) is 2.05. The van der Waals surface area contributed by atoms with Crippen molar-refractivity contribution in [1.29, 1.82) is 0 Å². The summed E-state index contributed by atoms with van der Waals surface area (Å²) in [5, 5.41) is 0. The van der Waals surface area contributed by atoms with Gasteiger partial charge in [-0.05, 0) is 46.7 Å². The zero-order valence-electron chi connectivity index (χ0n) is 9.07. The Morgan fingerprint density at radius 3 is 2.69 bits per heavy atom. The first-order valence-corrected chi connectivity index (χ1v) is 6.35. The summed E-state index contributed by atoms with van der Waals surface area (Å²) < 4.78 is 1.23. The molecule has 1 unspecified atom stereocenters. The van der Waals surface area contributed by atoms with Crippen molar-refractivity contribution in [3.63, 3.8) is 0 Å². The van der Waals surface area contributed by atoms with E-state index < -0.39 is 0 Å². The SMILES string of the molecule is CCC(N)c1ncc(-c2ccc(I)cc2)[nH]1. The molecule has 0 aliphatic rings. The molecule has 0 saturated carbocycles. The third-order valence-electron chi connectivity index (χ3n) is 2.54. The first-order chi connectivity index (χ1) is 7.70. The molecule has 3 N–H and O–H groups in total. The predicted molar refractivity (Wildman–Crippen MR) is 74.0 cm³/mol. The Labute approximate surface area is 109 Å². The number of imidazole rings is 1. The van der Waals surface area contributed by atoms with Crippen molar-refractivity contribution in [2.75, 3.05) is 0 Å². The molecule has 0 spiro atoms. The highest BCUT2D eigenvalue weighted by Gasteiger charge is 2.08. The van der Waals surface area contributed by atoms with Crippen LogP contribution in [-0.2, 0) is 0 Å². The minimum Gasteiger partial charge on any atom is -0.341 e. The van der Waals surface area contributed by atoms with Gasteiger partial charge in [-0.3, -0.25) is 0 Å². The van der Waals surface area contributed by atoms with Crippen LogP contribution in [0.4, 0.5) is 0 Å². The van der Waals surface area contributed by atoms with Gasteiger partial charge < -0.3 is 10.7 Å². The van der Waals surface area contributed by atoms with E-state index in [0.29, 0.717) is 0 Å². The van der Waals surface area contributed by atoms with E-state index in [9.17, 15) is 0 Å². The minimum absolute atomic E-state index is 0.00222. The molecule has 4 heteroatoms. The second-order valence-electron chi connectivity index (χ2n) is 3.70. The monoisotopic (exact) mass is 327 g/mol. The summed E-state index contributed by atoms with van der Waals surface area (Å²) in [4.78, 5) is 7.56. The normalized spacial score (nSPS) is 12.7. The average Bonchev–Trinajstić information content (AvgIpc) is 2.78. The van der Waals surface area contributed by atoms with E-state index in [1.54, 1.807) is 0 Å². The fourth-order valence-corrected chi connectivity index (χ4v) is 1.85. The van der Waals surface area contributed by atoms with E-state index in [0.717, 1.165) is 23.5 Å². The summed E-state index contributed by atoms with van der Waals surface area (Å²) in [6.07, 6.45) is 2.73. The van der Waals surface area contributed by atoms with Crippen molar-refractivity contribution in [2.24, 2.45) is 5.73 Å². The van der Waals surface area contributed by atoms with Gasteiger partial charge in [-0.15, -0.1) is 0 Å². The van der Waals surface area contributed by atoms with Gasteiger partial charge in [0.2, 0.25) is 0 Å². The molecule has 2 rings (SSSR count). The Morgan fingerprint density at radius 2 is 2.06 bits per heavy atom. The van der Waals surface area contributed by atoms with Crippen molar-refractivity contribution in [2.45, 2.75) is 19.4 Å². The smallest absolute Gasteiger partial charge is 0.123 e. The van der Waals surface area contributed by atoms with Crippen LogP contribution in [0, 0.1) is 3.57 Å². The van der Waals surface area contributed by atoms with Crippen LogP contribution in [0.1, 0.15) is 25.2 Å².